The molecule has 0 aliphatic carbocycles. The molecule has 25 heavy (non-hydrogen) atoms. The van der Waals surface area contributed by atoms with Crippen molar-refractivity contribution in [3.05, 3.63) is 72.4 Å². The molecule has 4 heteroatoms. The van der Waals surface area contributed by atoms with Gasteiger partial charge in [-0.2, -0.15) is 0 Å². The lowest BCUT2D eigenvalue weighted by molar-refractivity contribution is -0.120. The fourth-order valence-corrected chi connectivity index (χ4v) is 3.14. The maximum Gasteiger partial charge on any atom is 0.234 e. The Morgan fingerprint density at radius 3 is 2.48 bits per heavy atom. The molecule has 0 fully saturated rings. The van der Waals surface area contributed by atoms with Crippen LogP contribution in [-0.4, -0.2) is 10.9 Å². The van der Waals surface area contributed by atoms with Crippen molar-refractivity contribution >= 4 is 23.1 Å². The van der Waals surface area contributed by atoms with E-state index in [4.69, 9.17) is 0 Å². The molecule has 0 bridgehead atoms. The third kappa shape index (κ3) is 2.66. The second kappa shape index (κ2) is 5.74. The molecule has 0 saturated carbocycles. The zero-order valence-corrected chi connectivity index (χ0v) is 14.2. The van der Waals surface area contributed by atoms with Gasteiger partial charge in [-0.3, -0.25) is 4.79 Å². The van der Waals surface area contributed by atoms with E-state index in [-0.39, 0.29) is 5.91 Å². The average molecular weight is 329 g/mol. The first-order valence-electron chi connectivity index (χ1n) is 8.29. The molecule has 0 saturated heterocycles. The molecule has 4 nitrogen and oxygen atoms in total. The van der Waals surface area contributed by atoms with Crippen LogP contribution in [0.1, 0.15) is 19.4 Å². The highest BCUT2D eigenvalue weighted by atomic mass is 16.2. The number of rotatable bonds is 2. The number of hydrogen-bond donors (Lipinski definition) is 2. The first-order chi connectivity index (χ1) is 12.1. The number of carbonyl (C=O) groups excluding carboxylic acids is 1. The van der Waals surface area contributed by atoms with Crippen LogP contribution in [0.2, 0.25) is 0 Å². The predicted octanol–water partition coefficient (Wildman–Crippen LogP) is 4.72. The third-order valence-electron chi connectivity index (χ3n) is 4.66. The Labute approximate surface area is 146 Å². The van der Waals surface area contributed by atoms with Gasteiger partial charge in [-0.1, -0.05) is 36.4 Å². The summed E-state index contributed by atoms with van der Waals surface area (Å²) in [5, 5.41) is 6.37. The van der Waals surface area contributed by atoms with Crippen LogP contribution < -0.4 is 10.6 Å². The number of fused-ring (bicyclic) bond motifs is 3. The summed E-state index contributed by atoms with van der Waals surface area (Å²) in [6, 6.07) is 19.8. The molecule has 2 heterocycles. The van der Waals surface area contributed by atoms with Crippen LogP contribution in [0.15, 0.2) is 66.9 Å². The van der Waals surface area contributed by atoms with Gasteiger partial charge in [-0.05, 0) is 49.2 Å². The minimum Gasteiger partial charge on any atom is -0.340 e. The Bertz CT molecular complexity index is 948. The van der Waals surface area contributed by atoms with E-state index in [9.17, 15) is 4.79 Å². The fraction of sp³-hybridized carbons (Fsp3) is 0.143. The molecular formula is C21H19N3O. The van der Waals surface area contributed by atoms with Crippen molar-refractivity contribution in [2.45, 2.75) is 19.3 Å². The second-order valence-electron chi connectivity index (χ2n) is 6.73. The molecule has 1 amide bonds. The summed E-state index contributed by atoms with van der Waals surface area (Å²) >= 11 is 0. The van der Waals surface area contributed by atoms with Crippen molar-refractivity contribution in [2.24, 2.45) is 0 Å². The number of para-hydroxylation sites is 2. The molecule has 3 aromatic rings. The zero-order valence-electron chi connectivity index (χ0n) is 14.2. The Hall–Kier alpha value is -3.14. The smallest absolute Gasteiger partial charge is 0.234 e. The summed E-state index contributed by atoms with van der Waals surface area (Å²) in [7, 11) is 0. The lowest BCUT2D eigenvalue weighted by Gasteiger charge is -2.23. The molecule has 0 atom stereocenters. The predicted molar refractivity (Wildman–Crippen MR) is 101 cm³/mol. The number of nitrogens with zero attached hydrogens (tertiary/aromatic N) is 1. The summed E-state index contributed by atoms with van der Waals surface area (Å²) in [6.45, 7) is 3.86. The van der Waals surface area contributed by atoms with Gasteiger partial charge in [-0.15, -0.1) is 0 Å². The van der Waals surface area contributed by atoms with Crippen molar-refractivity contribution in [1.29, 1.82) is 0 Å². The lowest BCUT2D eigenvalue weighted by Crippen LogP contribution is -2.33. The van der Waals surface area contributed by atoms with Gasteiger partial charge in [0.25, 0.3) is 0 Å². The largest absolute Gasteiger partial charge is 0.340 e. The molecule has 1 aliphatic heterocycles. The average Bonchev–Trinajstić information content (AvgIpc) is 2.70. The Morgan fingerprint density at radius 1 is 0.960 bits per heavy atom. The van der Waals surface area contributed by atoms with Crippen LogP contribution in [0.4, 0.5) is 17.2 Å². The van der Waals surface area contributed by atoms with E-state index in [0.717, 1.165) is 33.9 Å². The standard InChI is InChI=1S/C21H19N3O/c1-21(2)17-13-22-19(23-14-8-4-3-5-9-14)12-16(17)15-10-6-7-11-18(15)24-20(21)25/h3-13H,1-2H3,(H,22,23)(H,24,25). The molecule has 1 aliphatic rings. The van der Waals surface area contributed by atoms with Gasteiger partial charge >= 0.3 is 0 Å². The molecule has 0 radical (unpaired) electrons. The molecule has 4 rings (SSSR count). The highest BCUT2D eigenvalue weighted by molar-refractivity contribution is 6.05. The molecule has 1 aromatic heterocycles. The van der Waals surface area contributed by atoms with Gasteiger partial charge in [-0.25, -0.2) is 4.98 Å². The van der Waals surface area contributed by atoms with E-state index in [2.05, 4.69) is 15.6 Å². The number of benzene rings is 2. The SMILES string of the molecule is CC1(C)C(=O)Nc2ccccc2-c2cc(Nc3ccccc3)ncc21. The lowest BCUT2D eigenvalue weighted by atomic mass is 9.81. The number of carbonyl (C=O) groups is 1. The normalized spacial score (nSPS) is 14.7. The van der Waals surface area contributed by atoms with E-state index in [1.807, 2.05) is 80.7 Å². The Balaban J connectivity index is 1.87. The van der Waals surface area contributed by atoms with E-state index < -0.39 is 5.41 Å². The number of aromatic nitrogens is 1. The van der Waals surface area contributed by atoms with Gasteiger partial charge < -0.3 is 10.6 Å². The van der Waals surface area contributed by atoms with Gasteiger partial charge in [0.05, 0.1) is 5.41 Å². The van der Waals surface area contributed by atoms with Crippen molar-refractivity contribution in [3.8, 4) is 11.1 Å². The van der Waals surface area contributed by atoms with Gasteiger partial charge in [0.2, 0.25) is 5.91 Å². The highest BCUT2D eigenvalue weighted by Crippen LogP contribution is 2.41. The van der Waals surface area contributed by atoms with E-state index in [1.54, 1.807) is 0 Å². The highest BCUT2D eigenvalue weighted by Gasteiger charge is 2.36. The van der Waals surface area contributed by atoms with Crippen LogP contribution in [0.25, 0.3) is 11.1 Å². The van der Waals surface area contributed by atoms with E-state index >= 15 is 0 Å². The molecule has 2 N–H and O–H groups in total. The summed E-state index contributed by atoms with van der Waals surface area (Å²) in [5.74, 6) is 0.731. The van der Waals surface area contributed by atoms with Gasteiger partial charge in [0.1, 0.15) is 5.82 Å². The molecular weight excluding hydrogens is 310 g/mol. The third-order valence-corrected chi connectivity index (χ3v) is 4.66. The number of nitrogens with one attached hydrogen (secondary N) is 2. The van der Waals surface area contributed by atoms with Crippen LogP contribution in [0.5, 0.6) is 0 Å². The Morgan fingerprint density at radius 2 is 1.68 bits per heavy atom. The number of hydrogen-bond acceptors (Lipinski definition) is 3. The maximum absolute atomic E-state index is 12.7. The topological polar surface area (TPSA) is 54.0 Å². The van der Waals surface area contributed by atoms with Crippen LogP contribution in [0, 0.1) is 0 Å². The Kier molecular flexibility index (Phi) is 3.53. The summed E-state index contributed by atoms with van der Waals surface area (Å²) < 4.78 is 0. The van der Waals surface area contributed by atoms with Crippen molar-refractivity contribution in [3.63, 3.8) is 0 Å². The second-order valence-corrected chi connectivity index (χ2v) is 6.73. The first kappa shape index (κ1) is 15.4. The number of amides is 1. The summed E-state index contributed by atoms with van der Waals surface area (Å²) in [6.07, 6.45) is 1.81. The number of pyridine rings is 1. The van der Waals surface area contributed by atoms with Crippen LogP contribution >= 0.6 is 0 Å². The maximum atomic E-state index is 12.7. The fourth-order valence-electron chi connectivity index (χ4n) is 3.14. The monoisotopic (exact) mass is 329 g/mol. The minimum atomic E-state index is -0.660. The molecule has 0 unspecified atom stereocenters. The summed E-state index contributed by atoms with van der Waals surface area (Å²) in [4.78, 5) is 17.2. The van der Waals surface area contributed by atoms with Gasteiger partial charge in [0.15, 0.2) is 0 Å². The summed E-state index contributed by atoms with van der Waals surface area (Å²) in [5.41, 5.74) is 4.10. The molecule has 0 spiro atoms. The van der Waals surface area contributed by atoms with Crippen molar-refractivity contribution < 1.29 is 4.79 Å². The molecule has 124 valence electrons. The van der Waals surface area contributed by atoms with Crippen molar-refractivity contribution in [2.75, 3.05) is 10.6 Å². The first-order valence-corrected chi connectivity index (χ1v) is 8.29. The van der Waals surface area contributed by atoms with E-state index in [1.165, 1.54) is 0 Å². The molecule has 2 aromatic carbocycles. The van der Waals surface area contributed by atoms with Crippen LogP contribution in [0.3, 0.4) is 0 Å². The number of anilines is 3. The minimum absolute atomic E-state index is 0.0238. The zero-order chi connectivity index (χ0) is 17.4. The quantitative estimate of drug-likeness (QED) is 0.715. The van der Waals surface area contributed by atoms with E-state index in [0.29, 0.717) is 0 Å². The van der Waals surface area contributed by atoms with Crippen molar-refractivity contribution in [1.82, 2.24) is 4.98 Å². The van der Waals surface area contributed by atoms with Gasteiger partial charge in [0, 0.05) is 23.1 Å². The van der Waals surface area contributed by atoms with Crippen LogP contribution in [-0.2, 0) is 10.2 Å².